The zero-order valence-electron chi connectivity index (χ0n) is 16.9. The molecule has 0 amide bonds. The van der Waals surface area contributed by atoms with Crippen molar-refractivity contribution in [2.24, 2.45) is 5.16 Å². The lowest BCUT2D eigenvalue weighted by Crippen LogP contribution is -2.54. The Balaban J connectivity index is 1.29. The van der Waals surface area contributed by atoms with E-state index in [9.17, 15) is 0 Å². The van der Waals surface area contributed by atoms with Gasteiger partial charge < -0.3 is 14.2 Å². The third-order valence-corrected chi connectivity index (χ3v) is 10.5. The lowest BCUT2D eigenvalue weighted by atomic mass is 10.2. The van der Waals surface area contributed by atoms with Crippen molar-refractivity contribution in [3.63, 3.8) is 0 Å². The van der Waals surface area contributed by atoms with E-state index in [1.165, 1.54) is 0 Å². The van der Waals surface area contributed by atoms with E-state index in [1.807, 2.05) is 0 Å². The van der Waals surface area contributed by atoms with Crippen LogP contribution in [-0.4, -0.2) is 74.3 Å². The second-order valence-corrected chi connectivity index (χ2v) is 14.5. The molecule has 150 valence electrons. The molecule has 2 saturated heterocycles. The first-order chi connectivity index (χ1) is 12.6. The third-order valence-electron chi connectivity index (χ3n) is 5.57. The first kappa shape index (κ1) is 20.7. The first-order valence-electron chi connectivity index (χ1n) is 9.44. The molecule has 0 aromatic carbocycles. The van der Waals surface area contributed by atoms with Crippen molar-refractivity contribution < 1.29 is 9.26 Å². The second-order valence-electron chi connectivity index (χ2n) is 8.81. The first-order valence-corrected chi connectivity index (χ1v) is 13.1. The molecule has 1 aromatic heterocycles. The number of nitrogens with zero attached hydrogens (tertiary/aromatic N) is 5. The lowest BCUT2D eigenvalue weighted by Gasteiger charge is -2.40. The molecule has 27 heavy (non-hydrogen) atoms. The Morgan fingerprint density at radius 2 is 1.85 bits per heavy atom. The molecule has 1 aromatic rings. The molecule has 0 saturated carbocycles. The fraction of sp³-hybridized carbons (Fsp3) is 0.722. The Morgan fingerprint density at radius 3 is 2.44 bits per heavy atom. The largest absolute Gasteiger partial charge is 0.416 e. The van der Waals surface area contributed by atoms with Gasteiger partial charge in [-0.2, -0.15) is 0 Å². The topological polar surface area (TPSA) is 63.1 Å². The van der Waals surface area contributed by atoms with Crippen LogP contribution in [0.2, 0.25) is 18.1 Å². The van der Waals surface area contributed by atoms with Crippen molar-refractivity contribution in [2.75, 3.05) is 44.2 Å². The van der Waals surface area contributed by atoms with Crippen LogP contribution in [0.25, 0.3) is 0 Å². The van der Waals surface area contributed by atoms with E-state index >= 15 is 0 Å². The van der Waals surface area contributed by atoms with Crippen LogP contribution in [0.15, 0.2) is 22.0 Å². The summed E-state index contributed by atoms with van der Waals surface area (Å²) in [7, 11) is -1.64. The highest BCUT2D eigenvalue weighted by molar-refractivity contribution is 9.10. The minimum Gasteiger partial charge on any atom is -0.416 e. The van der Waals surface area contributed by atoms with Gasteiger partial charge in [0.1, 0.15) is 0 Å². The number of oxime groups is 1. The van der Waals surface area contributed by atoms with Crippen molar-refractivity contribution in [3.05, 3.63) is 16.9 Å². The molecule has 0 radical (unpaired) electrons. The van der Waals surface area contributed by atoms with Gasteiger partial charge in [0.15, 0.2) is 14.4 Å². The smallest absolute Gasteiger partial charge is 0.226 e. The van der Waals surface area contributed by atoms with Gasteiger partial charge in [-0.05, 0) is 34.1 Å². The fourth-order valence-corrected chi connectivity index (χ4v) is 3.87. The van der Waals surface area contributed by atoms with E-state index in [-0.39, 0.29) is 11.1 Å². The fourth-order valence-electron chi connectivity index (χ4n) is 2.63. The molecular weight excluding hydrogens is 426 g/mol. The predicted molar refractivity (Wildman–Crippen MR) is 114 cm³/mol. The molecule has 3 rings (SSSR count). The number of anilines is 1. The summed E-state index contributed by atoms with van der Waals surface area (Å²) < 4.78 is 7.11. The van der Waals surface area contributed by atoms with Crippen LogP contribution < -0.4 is 4.90 Å². The van der Waals surface area contributed by atoms with E-state index < -0.39 is 8.32 Å². The molecule has 0 N–H and O–H groups in total. The molecule has 2 aliphatic heterocycles. The summed E-state index contributed by atoms with van der Waals surface area (Å²) in [5.41, 5.74) is 1.04. The Hall–Kier alpha value is -1.03. The minimum atomic E-state index is -1.64. The second kappa shape index (κ2) is 8.14. The standard InChI is InChI=1S/C18H30BrN5O2Si/c1-18(2,3)27(4,5)25-7-6-23-12-16(13-23)26-22-15-10-24(11-15)17-20-8-14(19)9-21-17/h8-9,16H,6-7,10-13H2,1-5H3. The van der Waals surface area contributed by atoms with E-state index in [2.05, 4.69) is 74.7 Å². The SMILES string of the molecule is CC(C)(C)[Si](C)(C)OCCN1CC(ON=C2CN(c3ncc(Br)cn3)C2)C1. The summed E-state index contributed by atoms with van der Waals surface area (Å²) in [6.45, 7) is 16.5. The average Bonchev–Trinajstić information content (AvgIpc) is 2.50. The van der Waals surface area contributed by atoms with Gasteiger partial charge in [-0.25, -0.2) is 9.97 Å². The zero-order chi connectivity index (χ0) is 19.7. The number of hydrogen-bond acceptors (Lipinski definition) is 7. The van der Waals surface area contributed by atoms with Crippen LogP contribution >= 0.6 is 15.9 Å². The van der Waals surface area contributed by atoms with Gasteiger partial charge in [-0.3, -0.25) is 4.90 Å². The molecular formula is C18H30BrN5O2Si. The van der Waals surface area contributed by atoms with Crippen LogP contribution in [0, 0.1) is 0 Å². The summed E-state index contributed by atoms with van der Waals surface area (Å²) in [4.78, 5) is 18.7. The molecule has 2 fully saturated rings. The number of likely N-dealkylation sites (tertiary alicyclic amines) is 1. The predicted octanol–water partition coefficient (Wildman–Crippen LogP) is 3.14. The highest BCUT2D eigenvalue weighted by atomic mass is 79.9. The highest BCUT2D eigenvalue weighted by Crippen LogP contribution is 2.36. The molecule has 0 bridgehead atoms. The normalized spacial score (nSPS) is 18.9. The summed E-state index contributed by atoms with van der Waals surface area (Å²) >= 11 is 3.34. The Bertz CT molecular complexity index is 663. The number of rotatable bonds is 7. The van der Waals surface area contributed by atoms with Gasteiger partial charge in [0.25, 0.3) is 0 Å². The summed E-state index contributed by atoms with van der Waals surface area (Å²) in [6, 6.07) is 0. The maximum atomic E-state index is 6.23. The Kier molecular flexibility index (Phi) is 6.24. The maximum Gasteiger partial charge on any atom is 0.226 e. The Labute approximate surface area is 171 Å². The molecule has 0 unspecified atom stereocenters. The van der Waals surface area contributed by atoms with Gasteiger partial charge >= 0.3 is 0 Å². The van der Waals surface area contributed by atoms with E-state index in [0.29, 0.717) is 0 Å². The third kappa shape index (κ3) is 5.27. The van der Waals surface area contributed by atoms with Crippen molar-refractivity contribution in [3.8, 4) is 0 Å². The van der Waals surface area contributed by atoms with Crippen LogP contribution in [0.4, 0.5) is 5.95 Å². The quantitative estimate of drug-likeness (QED) is 0.464. The molecule has 0 aliphatic carbocycles. The van der Waals surface area contributed by atoms with Gasteiger partial charge in [-0.15, -0.1) is 0 Å². The molecule has 3 heterocycles. The molecule has 2 aliphatic rings. The summed E-state index contributed by atoms with van der Waals surface area (Å²) in [5.74, 6) is 0.730. The number of aromatic nitrogens is 2. The van der Waals surface area contributed by atoms with Crippen LogP contribution in [-0.2, 0) is 9.26 Å². The molecule has 9 heteroatoms. The molecule has 7 nitrogen and oxygen atoms in total. The van der Waals surface area contributed by atoms with Crippen LogP contribution in [0.5, 0.6) is 0 Å². The summed E-state index contributed by atoms with van der Waals surface area (Å²) in [5, 5.41) is 4.56. The van der Waals surface area contributed by atoms with E-state index in [1.54, 1.807) is 12.4 Å². The van der Waals surface area contributed by atoms with Crippen molar-refractivity contribution in [2.45, 2.75) is 45.0 Å². The van der Waals surface area contributed by atoms with Gasteiger partial charge in [-0.1, -0.05) is 25.9 Å². The minimum absolute atomic E-state index is 0.198. The van der Waals surface area contributed by atoms with E-state index in [0.717, 1.165) is 55.5 Å². The van der Waals surface area contributed by atoms with Crippen molar-refractivity contribution in [1.82, 2.24) is 14.9 Å². The van der Waals surface area contributed by atoms with Gasteiger partial charge in [0, 0.05) is 38.6 Å². The molecule has 0 atom stereocenters. The molecule has 0 spiro atoms. The maximum absolute atomic E-state index is 6.23. The highest BCUT2D eigenvalue weighted by Gasteiger charge is 2.37. The number of halogens is 1. The van der Waals surface area contributed by atoms with Crippen molar-refractivity contribution >= 4 is 35.9 Å². The van der Waals surface area contributed by atoms with E-state index in [4.69, 9.17) is 9.26 Å². The summed E-state index contributed by atoms with van der Waals surface area (Å²) in [6.07, 6.45) is 3.71. The van der Waals surface area contributed by atoms with Crippen molar-refractivity contribution in [1.29, 1.82) is 0 Å². The zero-order valence-corrected chi connectivity index (χ0v) is 19.5. The average molecular weight is 456 g/mol. The van der Waals surface area contributed by atoms with Gasteiger partial charge in [0.2, 0.25) is 5.95 Å². The monoisotopic (exact) mass is 455 g/mol. The van der Waals surface area contributed by atoms with Crippen LogP contribution in [0.3, 0.4) is 0 Å². The Morgan fingerprint density at radius 1 is 1.22 bits per heavy atom. The van der Waals surface area contributed by atoms with Gasteiger partial charge in [0.05, 0.1) is 23.3 Å². The van der Waals surface area contributed by atoms with Crippen LogP contribution in [0.1, 0.15) is 20.8 Å². The lowest BCUT2D eigenvalue weighted by molar-refractivity contribution is -0.0566. The number of hydrogen-bond donors (Lipinski definition) is 0.